The van der Waals surface area contributed by atoms with E-state index in [1.54, 1.807) is 0 Å². The van der Waals surface area contributed by atoms with E-state index in [9.17, 15) is 4.79 Å². The van der Waals surface area contributed by atoms with E-state index in [1.807, 2.05) is 36.1 Å². The normalized spacial score (nSPS) is 19.0. The molecular weight excluding hydrogens is 262 g/mol. The van der Waals surface area contributed by atoms with E-state index in [0.29, 0.717) is 11.7 Å². The summed E-state index contributed by atoms with van der Waals surface area (Å²) in [5.41, 5.74) is 8.35. The first-order chi connectivity index (χ1) is 10.0. The summed E-state index contributed by atoms with van der Waals surface area (Å²) in [6, 6.07) is 7.65. The lowest BCUT2D eigenvalue weighted by Gasteiger charge is -2.31. The van der Waals surface area contributed by atoms with Crippen LogP contribution in [-0.2, 0) is 0 Å². The molecule has 2 N–H and O–H groups in total. The van der Waals surface area contributed by atoms with E-state index in [2.05, 4.69) is 11.9 Å². The number of rotatable bonds is 1. The molecule has 1 aromatic carbocycles. The molecule has 0 spiro atoms. The van der Waals surface area contributed by atoms with Gasteiger partial charge >= 0.3 is 0 Å². The molecule has 21 heavy (non-hydrogen) atoms. The minimum Gasteiger partial charge on any atom is -0.383 e. The van der Waals surface area contributed by atoms with Crippen LogP contribution in [0.15, 0.2) is 24.3 Å². The number of benzene rings is 1. The Labute approximate surface area is 125 Å². The number of nitrogens with zero attached hydrogens (tertiary/aromatic N) is 2. The number of fused-ring (bicyclic) bond motifs is 1. The fourth-order valence-corrected chi connectivity index (χ4v) is 2.99. The molecule has 2 aromatic rings. The number of nitrogen functional groups attached to an aromatic ring is 1. The smallest absolute Gasteiger partial charge is 0.253 e. The summed E-state index contributed by atoms with van der Waals surface area (Å²) in [7, 11) is 0. The van der Waals surface area contributed by atoms with Crippen molar-refractivity contribution in [2.45, 2.75) is 26.7 Å². The van der Waals surface area contributed by atoms with E-state index in [-0.39, 0.29) is 5.91 Å². The van der Waals surface area contributed by atoms with Gasteiger partial charge in [0.2, 0.25) is 0 Å². The Morgan fingerprint density at radius 1 is 1.38 bits per heavy atom. The first-order valence-electron chi connectivity index (χ1n) is 7.51. The van der Waals surface area contributed by atoms with Gasteiger partial charge in [-0.25, -0.2) is 4.98 Å². The van der Waals surface area contributed by atoms with Crippen molar-refractivity contribution in [1.82, 2.24) is 9.88 Å². The first kappa shape index (κ1) is 13.9. The molecule has 1 unspecified atom stereocenters. The zero-order valence-corrected chi connectivity index (χ0v) is 12.6. The summed E-state index contributed by atoms with van der Waals surface area (Å²) >= 11 is 0. The zero-order valence-electron chi connectivity index (χ0n) is 12.6. The topological polar surface area (TPSA) is 59.2 Å². The second-order valence-corrected chi connectivity index (χ2v) is 6.10. The molecule has 0 saturated carbocycles. The average molecular weight is 283 g/mol. The lowest BCUT2D eigenvalue weighted by Crippen LogP contribution is -2.39. The van der Waals surface area contributed by atoms with Crippen molar-refractivity contribution in [3.63, 3.8) is 0 Å². The quantitative estimate of drug-likeness (QED) is 0.875. The van der Waals surface area contributed by atoms with Crippen molar-refractivity contribution in [3.05, 3.63) is 35.4 Å². The molecule has 110 valence electrons. The van der Waals surface area contributed by atoms with Crippen molar-refractivity contribution in [1.29, 1.82) is 0 Å². The van der Waals surface area contributed by atoms with E-state index in [1.165, 1.54) is 6.42 Å². The number of carbonyl (C=O) groups excluding carboxylic acids is 1. The van der Waals surface area contributed by atoms with Gasteiger partial charge in [-0.15, -0.1) is 0 Å². The summed E-state index contributed by atoms with van der Waals surface area (Å²) in [4.78, 5) is 18.9. The molecule has 1 aromatic heterocycles. The highest BCUT2D eigenvalue weighted by Crippen LogP contribution is 2.22. The van der Waals surface area contributed by atoms with Crippen molar-refractivity contribution >= 4 is 22.6 Å². The number of hydrogen-bond donors (Lipinski definition) is 1. The maximum atomic E-state index is 12.6. The highest BCUT2D eigenvalue weighted by Gasteiger charge is 2.22. The number of nitrogens with two attached hydrogens (primary N) is 1. The summed E-state index contributed by atoms with van der Waals surface area (Å²) in [5, 5.41) is 0.970. The molecule has 2 heterocycles. The molecule has 0 radical (unpaired) electrons. The van der Waals surface area contributed by atoms with Crippen LogP contribution in [0.2, 0.25) is 0 Å². The van der Waals surface area contributed by atoms with E-state index in [0.717, 1.165) is 41.5 Å². The van der Waals surface area contributed by atoms with E-state index < -0.39 is 0 Å². The number of amides is 1. The molecule has 0 aliphatic carbocycles. The highest BCUT2D eigenvalue weighted by atomic mass is 16.2. The fraction of sp³-hybridized carbons (Fsp3) is 0.412. The van der Waals surface area contributed by atoms with Gasteiger partial charge in [-0.3, -0.25) is 4.79 Å². The second kappa shape index (κ2) is 5.35. The molecule has 0 bridgehead atoms. The number of aryl methyl sites for hydroxylation is 1. The third-order valence-electron chi connectivity index (χ3n) is 4.24. The number of piperidine rings is 1. The van der Waals surface area contributed by atoms with Gasteiger partial charge in [-0.2, -0.15) is 0 Å². The maximum Gasteiger partial charge on any atom is 0.253 e. The summed E-state index contributed by atoms with van der Waals surface area (Å²) in [6.45, 7) is 5.86. The Kier molecular flexibility index (Phi) is 3.53. The Bertz CT molecular complexity index is 696. The Hall–Kier alpha value is -2.10. The van der Waals surface area contributed by atoms with Gasteiger partial charge in [0.25, 0.3) is 5.91 Å². The van der Waals surface area contributed by atoms with E-state index >= 15 is 0 Å². The molecule has 1 amide bonds. The van der Waals surface area contributed by atoms with Crippen LogP contribution in [0.5, 0.6) is 0 Å². The number of pyridine rings is 1. The molecule has 4 nitrogen and oxygen atoms in total. The molecule has 3 rings (SSSR count). The molecule has 1 saturated heterocycles. The van der Waals surface area contributed by atoms with Crippen LogP contribution < -0.4 is 5.73 Å². The SMILES string of the molecule is Cc1cc2cc(C(=O)N3CCCC(C)C3)ccc2nc1N. The van der Waals surface area contributed by atoms with E-state index in [4.69, 9.17) is 5.73 Å². The van der Waals surface area contributed by atoms with Gasteiger partial charge in [0, 0.05) is 24.0 Å². The lowest BCUT2D eigenvalue weighted by atomic mass is 9.99. The summed E-state index contributed by atoms with van der Waals surface area (Å²) < 4.78 is 0. The highest BCUT2D eigenvalue weighted by molar-refractivity contribution is 5.98. The number of likely N-dealkylation sites (tertiary alicyclic amines) is 1. The van der Waals surface area contributed by atoms with Crippen LogP contribution in [0.25, 0.3) is 10.9 Å². The molecule has 1 atom stereocenters. The van der Waals surface area contributed by atoms with Gasteiger partial charge < -0.3 is 10.6 Å². The largest absolute Gasteiger partial charge is 0.383 e. The van der Waals surface area contributed by atoms with Crippen LogP contribution in [0.1, 0.15) is 35.7 Å². The molecule has 4 heteroatoms. The molecular formula is C17H21N3O. The third kappa shape index (κ3) is 2.71. The van der Waals surface area contributed by atoms with Gasteiger partial charge in [0.1, 0.15) is 5.82 Å². The van der Waals surface area contributed by atoms with Crippen LogP contribution in [0.3, 0.4) is 0 Å². The Morgan fingerprint density at radius 2 is 2.19 bits per heavy atom. The molecule has 1 aliphatic heterocycles. The van der Waals surface area contributed by atoms with Crippen molar-refractivity contribution in [3.8, 4) is 0 Å². The maximum absolute atomic E-state index is 12.6. The Balaban J connectivity index is 1.93. The van der Waals surface area contributed by atoms with Gasteiger partial charge in [0.05, 0.1) is 5.52 Å². The van der Waals surface area contributed by atoms with Gasteiger partial charge in [-0.05, 0) is 55.5 Å². The van der Waals surface area contributed by atoms with Crippen molar-refractivity contribution in [2.24, 2.45) is 5.92 Å². The number of aromatic nitrogens is 1. The summed E-state index contributed by atoms with van der Waals surface area (Å²) in [6.07, 6.45) is 2.31. The van der Waals surface area contributed by atoms with Crippen molar-refractivity contribution < 1.29 is 4.79 Å². The van der Waals surface area contributed by atoms with Gasteiger partial charge in [-0.1, -0.05) is 6.92 Å². The third-order valence-corrected chi connectivity index (χ3v) is 4.24. The zero-order chi connectivity index (χ0) is 15.0. The number of anilines is 1. The average Bonchev–Trinajstić information content (AvgIpc) is 2.47. The predicted molar refractivity (Wildman–Crippen MR) is 85.2 cm³/mol. The standard InChI is InChI=1S/C17H21N3O/c1-11-4-3-7-20(10-11)17(21)13-5-6-15-14(9-13)8-12(2)16(18)19-15/h5-6,8-9,11H,3-4,7,10H2,1-2H3,(H2,18,19). The molecule has 1 aliphatic rings. The van der Waals surface area contributed by atoms with Gasteiger partial charge in [0.15, 0.2) is 0 Å². The minimum atomic E-state index is 0.123. The number of carbonyl (C=O) groups is 1. The van der Waals surface area contributed by atoms with Crippen LogP contribution in [0.4, 0.5) is 5.82 Å². The predicted octanol–water partition coefficient (Wildman–Crippen LogP) is 3.00. The van der Waals surface area contributed by atoms with Crippen molar-refractivity contribution in [2.75, 3.05) is 18.8 Å². The fourth-order valence-electron chi connectivity index (χ4n) is 2.99. The van der Waals surface area contributed by atoms with Crippen LogP contribution in [-0.4, -0.2) is 28.9 Å². The van der Waals surface area contributed by atoms with Crippen LogP contribution >= 0.6 is 0 Å². The number of hydrogen-bond acceptors (Lipinski definition) is 3. The minimum absolute atomic E-state index is 0.123. The lowest BCUT2D eigenvalue weighted by molar-refractivity contribution is 0.0683. The first-order valence-corrected chi connectivity index (χ1v) is 7.51. The Morgan fingerprint density at radius 3 is 2.95 bits per heavy atom. The second-order valence-electron chi connectivity index (χ2n) is 6.10. The van der Waals surface area contributed by atoms with Crippen LogP contribution in [0, 0.1) is 12.8 Å². The monoisotopic (exact) mass is 283 g/mol. The summed E-state index contributed by atoms with van der Waals surface area (Å²) in [5.74, 6) is 1.26. The molecule has 1 fully saturated rings.